The molecule has 27 heavy (non-hydrogen) atoms. The lowest BCUT2D eigenvalue weighted by Crippen LogP contribution is -2.19. The normalized spacial score (nSPS) is 11.5. The number of aryl methyl sites for hydroxylation is 1. The zero-order chi connectivity index (χ0) is 19.3. The van der Waals surface area contributed by atoms with Gasteiger partial charge in [0, 0.05) is 11.6 Å². The Bertz CT molecular complexity index is 723. The minimum absolute atomic E-state index is 0.105. The third-order valence-corrected chi connectivity index (χ3v) is 5.61. The van der Waals surface area contributed by atoms with Gasteiger partial charge in [0.1, 0.15) is 0 Å². The van der Waals surface area contributed by atoms with Crippen molar-refractivity contribution in [3.63, 3.8) is 0 Å². The topological polar surface area (TPSA) is 54.4 Å². The van der Waals surface area contributed by atoms with Crippen molar-refractivity contribution in [2.45, 2.75) is 84.5 Å². The molecule has 0 spiro atoms. The standard InChI is InChI=1S/C22H33N3OS/c1-3-4-5-6-7-8-9-10-11-12-15-23-24-22(26)17-20-19-16-18(2)13-14-21(19)27-25-20/h13-16H,3-12,17H2,1-2H3,(H,24,26)/b23-15+. The smallest absolute Gasteiger partial charge is 0.246 e. The summed E-state index contributed by atoms with van der Waals surface area (Å²) in [6.45, 7) is 4.31. The van der Waals surface area contributed by atoms with Gasteiger partial charge in [0.2, 0.25) is 5.91 Å². The number of benzene rings is 1. The number of carbonyl (C=O) groups excluding carboxylic acids is 1. The molecule has 0 bridgehead atoms. The second kappa shape index (κ2) is 12.6. The fraction of sp³-hybridized carbons (Fsp3) is 0.591. The summed E-state index contributed by atoms with van der Waals surface area (Å²) in [5.74, 6) is -0.105. The number of carbonyl (C=O) groups is 1. The summed E-state index contributed by atoms with van der Waals surface area (Å²) in [6, 6.07) is 6.22. The Balaban J connectivity index is 1.55. The molecule has 0 radical (unpaired) electrons. The van der Waals surface area contributed by atoms with Crippen LogP contribution in [0, 0.1) is 6.92 Å². The van der Waals surface area contributed by atoms with Crippen LogP contribution < -0.4 is 5.43 Å². The van der Waals surface area contributed by atoms with Crippen LogP contribution in [-0.4, -0.2) is 16.5 Å². The summed E-state index contributed by atoms with van der Waals surface area (Å²) in [5, 5.41) is 5.15. The molecule has 0 fully saturated rings. The molecule has 1 aromatic carbocycles. The molecule has 0 atom stereocenters. The molecule has 4 nitrogen and oxygen atoms in total. The monoisotopic (exact) mass is 387 g/mol. The van der Waals surface area contributed by atoms with Crippen LogP contribution >= 0.6 is 11.5 Å². The number of hydrazone groups is 1. The second-order valence-electron chi connectivity index (χ2n) is 7.27. The summed E-state index contributed by atoms with van der Waals surface area (Å²) in [7, 11) is 0. The summed E-state index contributed by atoms with van der Waals surface area (Å²) < 4.78 is 5.54. The maximum absolute atomic E-state index is 12.1. The molecule has 1 N–H and O–H groups in total. The van der Waals surface area contributed by atoms with Crippen molar-refractivity contribution in [2.75, 3.05) is 0 Å². The van der Waals surface area contributed by atoms with E-state index in [1.807, 2.05) is 6.21 Å². The van der Waals surface area contributed by atoms with E-state index >= 15 is 0 Å². The number of amides is 1. The Morgan fingerprint density at radius 1 is 1.11 bits per heavy atom. The largest absolute Gasteiger partial charge is 0.273 e. The Hall–Kier alpha value is -1.75. The fourth-order valence-electron chi connectivity index (χ4n) is 3.15. The van der Waals surface area contributed by atoms with Crippen molar-refractivity contribution >= 4 is 33.7 Å². The minimum atomic E-state index is -0.105. The van der Waals surface area contributed by atoms with E-state index in [-0.39, 0.29) is 12.3 Å². The predicted octanol–water partition coefficient (Wildman–Crippen LogP) is 6.17. The SMILES string of the molecule is CCCCCCCCCCC/C=N/NC(=O)Cc1nsc2ccc(C)cc12. The number of fused-ring (bicyclic) bond motifs is 1. The maximum Gasteiger partial charge on any atom is 0.246 e. The van der Waals surface area contributed by atoms with Gasteiger partial charge < -0.3 is 0 Å². The molecule has 2 rings (SSSR count). The summed E-state index contributed by atoms with van der Waals surface area (Å²) in [4.78, 5) is 12.1. The molecule has 0 aliphatic heterocycles. The Morgan fingerprint density at radius 3 is 2.56 bits per heavy atom. The first-order chi connectivity index (χ1) is 13.2. The van der Waals surface area contributed by atoms with E-state index in [0.29, 0.717) is 0 Å². The summed E-state index contributed by atoms with van der Waals surface area (Å²) >= 11 is 1.44. The molecule has 0 saturated carbocycles. The predicted molar refractivity (Wildman–Crippen MR) is 117 cm³/mol. The number of aromatic nitrogens is 1. The number of nitrogens with one attached hydrogen (secondary N) is 1. The highest BCUT2D eigenvalue weighted by Gasteiger charge is 2.10. The second-order valence-corrected chi connectivity index (χ2v) is 8.07. The van der Waals surface area contributed by atoms with E-state index in [2.05, 4.69) is 46.9 Å². The highest BCUT2D eigenvalue weighted by Crippen LogP contribution is 2.24. The van der Waals surface area contributed by atoms with Gasteiger partial charge in [0.25, 0.3) is 0 Å². The van der Waals surface area contributed by atoms with Crippen molar-refractivity contribution in [3.05, 3.63) is 29.5 Å². The maximum atomic E-state index is 12.1. The Morgan fingerprint density at radius 2 is 1.81 bits per heavy atom. The molecular weight excluding hydrogens is 354 g/mol. The molecule has 148 valence electrons. The highest BCUT2D eigenvalue weighted by atomic mass is 32.1. The van der Waals surface area contributed by atoms with Gasteiger partial charge in [0.15, 0.2) is 0 Å². The van der Waals surface area contributed by atoms with Crippen molar-refractivity contribution in [1.82, 2.24) is 9.80 Å². The van der Waals surface area contributed by atoms with Crippen LogP contribution in [0.1, 0.15) is 82.4 Å². The third kappa shape index (κ3) is 8.21. The van der Waals surface area contributed by atoms with E-state index in [0.717, 1.165) is 28.6 Å². The lowest BCUT2D eigenvalue weighted by Gasteiger charge is -2.01. The van der Waals surface area contributed by atoms with E-state index < -0.39 is 0 Å². The molecule has 1 heterocycles. The Labute approximate surface area is 167 Å². The van der Waals surface area contributed by atoms with Gasteiger partial charge in [-0.15, -0.1) is 0 Å². The van der Waals surface area contributed by atoms with Crippen molar-refractivity contribution in [2.24, 2.45) is 5.10 Å². The minimum Gasteiger partial charge on any atom is -0.273 e. The van der Waals surface area contributed by atoms with E-state index in [4.69, 9.17) is 0 Å². The molecular formula is C22H33N3OS. The third-order valence-electron chi connectivity index (χ3n) is 4.75. The summed E-state index contributed by atoms with van der Waals surface area (Å²) in [6.07, 6.45) is 14.9. The van der Waals surface area contributed by atoms with Gasteiger partial charge in [-0.3, -0.25) is 4.79 Å². The van der Waals surface area contributed by atoms with Crippen LogP contribution in [0.5, 0.6) is 0 Å². The first-order valence-corrected chi connectivity index (χ1v) is 11.1. The van der Waals surface area contributed by atoms with Crippen LogP contribution in [0.4, 0.5) is 0 Å². The van der Waals surface area contributed by atoms with Crippen LogP contribution in [0.3, 0.4) is 0 Å². The van der Waals surface area contributed by atoms with Gasteiger partial charge >= 0.3 is 0 Å². The van der Waals surface area contributed by atoms with Gasteiger partial charge in [0.05, 0.1) is 16.8 Å². The molecule has 0 saturated heterocycles. The van der Waals surface area contributed by atoms with Crippen LogP contribution in [-0.2, 0) is 11.2 Å². The summed E-state index contributed by atoms with van der Waals surface area (Å²) in [5.41, 5.74) is 4.65. The van der Waals surface area contributed by atoms with Crippen LogP contribution in [0.25, 0.3) is 10.1 Å². The fourth-order valence-corrected chi connectivity index (χ4v) is 3.93. The van der Waals surface area contributed by atoms with Crippen LogP contribution in [0.15, 0.2) is 23.3 Å². The van der Waals surface area contributed by atoms with E-state index in [1.54, 1.807) is 0 Å². The molecule has 0 aliphatic rings. The zero-order valence-corrected chi connectivity index (χ0v) is 17.6. The van der Waals surface area contributed by atoms with Crippen LogP contribution in [0.2, 0.25) is 0 Å². The number of unbranched alkanes of at least 4 members (excludes halogenated alkanes) is 9. The van der Waals surface area contributed by atoms with Gasteiger partial charge in [-0.05, 0) is 43.4 Å². The van der Waals surface area contributed by atoms with Gasteiger partial charge in [-0.2, -0.15) is 9.47 Å². The lowest BCUT2D eigenvalue weighted by atomic mass is 10.1. The zero-order valence-electron chi connectivity index (χ0n) is 16.8. The van der Waals surface area contributed by atoms with E-state index in [9.17, 15) is 4.79 Å². The lowest BCUT2D eigenvalue weighted by molar-refractivity contribution is -0.120. The first-order valence-electron chi connectivity index (χ1n) is 10.4. The average Bonchev–Trinajstić information content (AvgIpc) is 3.04. The first kappa shape index (κ1) is 21.5. The number of nitrogens with zero attached hydrogens (tertiary/aromatic N) is 2. The molecule has 5 heteroatoms. The van der Waals surface area contributed by atoms with Gasteiger partial charge in [-0.25, -0.2) is 5.43 Å². The highest BCUT2D eigenvalue weighted by molar-refractivity contribution is 7.13. The van der Waals surface area contributed by atoms with Crippen molar-refractivity contribution < 1.29 is 4.79 Å². The average molecular weight is 388 g/mol. The number of hydrogen-bond acceptors (Lipinski definition) is 4. The Kier molecular flexibility index (Phi) is 10.1. The molecule has 1 amide bonds. The molecule has 0 unspecified atom stereocenters. The van der Waals surface area contributed by atoms with Crippen molar-refractivity contribution in [3.8, 4) is 0 Å². The number of rotatable bonds is 13. The van der Waals surface area contributed by atoms with Gasteiger partial charge in [-0.1, -0.05) is 69.9 Å². The quantitative estimate of drug-likeness (QED) is 0.254. The van der Waals surface area contributed by atoms with E-state index in [1.165, 1.54) is 68.5 Å². The molecule has 1 aromatic heterocycles. The molecule has 0 aliphatic carbocycles. The number of hydrogen-bond donors (Lipinski definition) is 1. The molecule has 2 aromatic rings. The van der Waals surface area contributed by atoms with Crippen molar-refractivity contribution in [1.29, 1.82) is 0 Å².